The molecule has 3 heterocycles. The predicted octanol–water partition coefficient (Wildman–Crippen LogP) is 6.68. The van der Waals surface area contributed by atoms with Crippen LogP contribution in [0.15, 0.2) is 67.1 Å². The molecule has 2 aromatic carbocycles. The Kier molecular flexibility index (Phi) is 7.49. The normalized spacial score (nSPS) is 15.6. The average Bonchev–Trinajstić information content (AvgIpc) is 2.93. The number of aromatic nitrogens is 3. The summed E-state index contributed by atoms with van der Waals surface area (Å²) in [6.45, 7) is 6.88. The van der Waals surface area contributed by atoms with Gasteiger partial charge >= 0.3 is 6.09 Å². The lowest BCUT2D eigenvalue weighted by atomic mass is 9.89. The van der Waals surface area contributed by atoms with Crippen LogP contribution >= 0.6 is 0 Å². The number of nitrogens with one attached hydrogen (secondary N) is 1. The largest absolute Gasteiger partial charge is 0.496 e. The Morgan fingerprint density at radius 1 is 1.05 bits per heavy atom. The van der Waals surface area contributed by atoms with E-state index in [4.69, 9.17) is 14.2 Å². The molecule has 1 aliphatic rings. The molecule has 1 saturated heterocycles. The van der Waals surface area contributed by atoms with Crippen LogP contribution in [-0.2, 0) is 4.74 Å². The highest BCUT2D eigenvalue weighted by Crippen LogP contribution is 2.38. The number of likely N-dealkylation sites (tertiary alicyclic amines) is 1. The summed E-state index contributed by atoms with van der Waals surface area (Å²) in [5.41, 5.74) is 2.00. The van der Waals surface area contributed by atoms with Crippen LogP contribution in [0.25, 0.3) is 10.9 Å². The fourth-order valence-electron chi connectivity index (χ4n) is 4.68. The molecule has 0 spiro atoms. The molecule has 5 rings (SSSR count). The third-order valence-corrected chi connectivity index (χ3v) is 6.46. The Morgan fingerprint density at radius 3 is 2.59 bits per heavy atom. The number of carbonyl (C=O) groups excluding carboxylic acids is 1. The number of hydrogen-bond acceptors (Lipinski definition) is 8. The molecule has 1 fully saturated rings. The van der Waals surface area contributed by atoms with Crippen LogP contribution in [0.5, 0.6) is 17.4 Å². The SMILES string of the molecule is COc1cc2ncnc(Nc3ccc(Oc4ccccc4)nc3)c2cc1[C@@H]1CCCN(C(=O)OC(C)(C)C)C1. The Balaban J connectivity index is 1.39. The number of carbonyl (C=O) groups is 1. The molecule has 0 saturated carbocycles. The molecule has 1 N–H and O–H groups in total. The number of rotatable bonds is 6. The van der Waals surface area contributed by atoms with E-state index < -0.39 is 5.60 Å². The van der Waals surface area contributed by atoms with Crippen LogP contribution < -0.4 is 14.8 Å². The van der Waals surface area contributed by atoms with Gasteiger partial charge in [0.1, 0.15) is 29.2 Å². The summed E-state index contributed by atoms with van der Waals surface area (Å²) in [6.07, 6.45) is 4.75. The Hall–Kier alpha value is -4.40. The van der Waals surface area contributed by atoms with Gasteiger partial charge in [0.15, 0.2) is 0 Å². The van der Waals surface area contributed by atoms with Crippen LogP contribution in [0.1, 0.15) is 45.1 Å². The van der Waals surface area contributed by atoms with Crippen LogP contribution in [-0.4, -0.2) is 51.7 Å². The second kappa shape index (κ2) is 11.1. The van der Waals surface area contributed by atoms with E-state index in [0.717, 1.165) is 46.5 Å². The molecular weight excluding hydrogens is 494 g/mol. The number of nitrogens with zero attached hydrogens (tertiary/aromatic N) is 4. The van der Waals surface area contributed by atoms with E-state index in [1.165, 1.54) is 6.33 Å². The van der Waals surface area contributed by atoms with Gasteiger partial charge in [0.25, 0.3) is 0 Å². The van der Waals surface area contributed by atoms with Crippen LogP contribution in [0, 0.1) is 0 Å². The molecule has 4 aromatic rings. The molecule has 202 valence electrons. The zero-order chi connectivity index (χ0) is 27.4. The highest BCUT2D eigenvalue weighted by molar-refractivity contribution is 5.92. The fourth-order valence-corrected chi connectivity index (χ4v) is 4.68. The summed E-state index contributed by atoms with van der Waals surface area (Å²) < 4.78 is 17.2. The third-order valence-electron chi connectivity index (χ3n) is 6.46. The van der Waals surface area contributed by atoms with Crippen molar-refractivity contribution < 1.29 is 19.0 Å². The van der Waals surface area contributed by atoms with Crippen molar-refractivity contribution >= 4 is 28.5 Å². The molecule has 0 aliphatic carbocycles. The molecule has 1 amide bonds. The molecular formula is C30H33N5O4. The minimum absolute atomic E-state index is 0.0924. The second-order valence-corrected chi connectivity index (χ2v) is 10.5. The van der Waals surface area contributed by atoms with Crippen molar-refractivity contribution in [1.82, 2.24) is 19.9 Å². The van der Waals surface area contributed by atoms with E-state index in [1.807, 2.05) is 63.2 Å². The molecule has 39 heavy (non-hydrogen) atoms. The predicted molar refractivity (Wildman–Crippen MR) is 150 cm³/mol. The number of piperidine rings is 1. The van der Waals surface area contributed by atoms with Gasteiger partial charge in [0.2, 0.25) is 5.88 Å². The fraction of sp³-hybridized carbons (Fsp3) is 0.333. The van der Waals surface area contributed by atoms with Gasteiger partial charge in [0.05, 0.1) is 24.5 Å². The third kappa shape index (κ3) is 6.37. The van der Waals surface area contributed by atoms with Gasteiger partial charge in [-0.05, 0) is 63.4 Å². The zero-order valence-corrected chi connectivity index (χ0v) is 22.7. The quantitative estimate of drug-likeness (QED) is 0.296. The summed E-state index contributed by atoms with van der Waals surface area (Å²) in [5.74, 6) is 2.71. The van der Waals surface area contributed by atoms with Gasteiger partial charge < -0.3 is 24.4 Å². The van der Waals surface area contributed by atoms with Gasteiger partial charge in [-0.3, -0.25) is 0 Å². The maximum atomic E-state index is 12.8. The van der Waals surface area contributed by atoms with Crippen molar-refractivity contribution in [3.8, 4) is 17.4 Å². The number of methoxy groups -OCH3 is 1. The summed E-state index contributed by atoms with van der Waals surface area (Å²) in [7, 11) is 1.66. The van der Waals surface area contributed by atoms with Gasteiger partial charge in [-0.1, -0.05) is 18.2 Å². The Labute approximate surface area is 228 Å². The first-order valence-electron chi connectivity index (χ1n) is 13.1. The van der Waals surface area contributed by atoms with Gasteiger partial charge in [-0.25, -0.2) is 19.7 Å². The monoisotopic (exact) mass is 527 g/mol. The van der Waals surface area contributed by atoms with Gasteiger partial charge in [0, 0.05) is 36.5 Å². The van der Waals surface area contributed by atoms with E-state index in [0.29, 0.717) is 24.8 Å². The summed E-state index contributed by atoms with van der Waals surface area (Å²) in [4.78, 5) is 28.0. The van der Waals surface area contributed by atoms with Crippen molar-refractivity contribution in [2.45, 2.75) is 45.1 Å². The van der Waals surface area contributed by atoms with Crippen LogP contribution in [0.3, 0.4) is 0 Å². The van der Waals surface area contributed by atoms with E-state index >= 15 is 0 Å². The Morgan fingerprint density at radius 2 is 1.87 bits per heavy atom. The number of anilines is 2. The number of ether oxygens (including phenoxy) is 3. The van der Waals surface area contributed by atoms with Crippen LogP contribution in [0.2, 0.25) is 0 Å². The molecule has 9 nitrogen and oxygen atoms in total. The number of pyridine rings is 1. The van der Waals surface area contributed by atoms with E-state index in [1.54, 1.807) is 24.3 Å². The first-order valence-corrected chi connectivity index (χ1v) is 13.1. The highest BCUT2D eigenvalue weighted by Gasteiger charge is 2.30. The van der Waals surface area contributed by atoms with Gasteiger partial charge in [-0.2, -0.15) is 0 Å². The number of hydrogen-bond donors (Lipinski definition) is 1. The number of amides is 1. The average molecular weight is 528 g/mol. The molecule has 0 bridgehead atoms. The molecule has 2 aromatic heterocycles. The molecule has 1 aliphatic heterocycles. The smallest absolute Gasteiger partial charge is 0.410 e. The lowest BCUT2D eigenvalue weighted by Crippen LogP contribution is -2.42. The van der Waals surface area contributed by atoms with Crippen molar-refractivity contribution in [1.29, 1.82) is 0 Å². The number of para-hydroxylation sites is 1. The minimum atomic E-state index is -0.538. The lowest BCUT2D eigenvalue weighted by molar-refractivity contribution is 0.0197. The highest BCUT2D eigenvalue weighted by atomic mass is 16.6. The van der Waals surface area contributed by atoms with Gasteiger partial charge in [-0.15, -0.1) is 0 Å². The zero-order valence-electron chi connectivity index (χ0n) is 22.7. The van der Waals surface area contributed by atoms with E-state index in [-0.39, 0.29) is 12.0 Å². The molecule has 1 atom stereocenters. The van der Waals surface area contributed by atoms with E-state index in [2.05, 4.69) is 26.3 Å². The maximum Gasteiger partial charge on any atom is 0.410 e. The van der Waals surface area contributed by atoms with Crippen LogP contribution in [0.4, 0.5) is 16.3 Å². The van der Waals surface area contributed by atoms with Crippen molar-refractivity contribution in [3.05, 3.63) is 72.7 Å². The number of fused-ring (bicyclic) bond motifs is 1. The summed E-state index contributed by atoms with van der Waals surface area (Å²) in [6, 6.07) is 17.2. The van der Waals surface area contributed by atoms with Crippen molar-refractivity contribution in [3.63, 3.8) is 0 Å². The van der Waals surface area contributed by atoms with E-state index in [9.17, 15) is 4.79 Å². The number of benzene rings is 2. The molecule has 0 unspecified atom stereocenters. The summed E-state index contributed by atoms with van der Waals surface area (Å²) in [5, 5.41) is 4.22. The molecule has 0 radical (unpaired) electrons. The standard InChI is InChI=1S/C30H33N5O4/c1-30(2,3)39-29(36)35-14-8-9-20(18-35)23-15-24-25(16-26(23)37-4)32-19-33-28(24)34-21-12-13-27(31-17-21)38-22-10-6-5-7-11-22/h5-7,10-13,15-17,19-20H,8-9,14,18H2,1-4H3,(H,32,33,34)/t20-/m1/s1. The summed E-state index contributed by atoms with van der Waals surface area (Å²) >= 11 is 0. The topological polar surface area (TPSA) is 98.7 Å². The lowest BCUT2D eigenvalue weighted by Gasteiger charge is -2.34. The first kappa shape index (κ1) is 26.2. The second-order valence-electron chi connectivity index (χ2n) is 10.5. The Bertz CT molecular complexity index is 1440. The first-order chi connectivity index (χ1) is 18.8. The minimum Gasteiger partial charge on any atom is -0.496 e. The molecule has 9 heteroatoms. The van der Waals surface area contributed by atoms with Crippen molar-refractivity contribution in [2.75, 3.05) is 25.5 Å². The maximum absolute atomic E-state index is 12.8. The van der Waals surface area contributed by atoms with Crippen molar-refractivity contribution in [2.24, 2.45) is 0 Å².